The number of aliphatic hydroxyl groups is 1. The van der Waals surface area contributed by atoms with Crippen LogP contribution >= 0.6 is 0 Å². The predicted octanol–water partition coefficient (Wildman–Crippen LogP) is -0.520. The largest absolute Gasteiger partial charge is 0.388 e. The summed E-state index contributed by atoms with van der Waals surface area (Å²) in [5, 5.41) is 25.2. The molecule has 1 atom stereocenters. The van der Waals surface area contributed by atoms with Gasteiger partial charge in [0.1, 0.15) is 0 Å². The summed E-state index contributed by atoms with van der Waals surface area (Å²) in [5.74, 6) is 0.789. The standard InChI is InChI=1S/C9H12N6O/c1-9(16)4-5-14(6-9)8-3-2-7-10-12-13-15(7)11-8/h2-3,16H,4-6H2,1H3. The lowest BCUT2D eigenvalue weighted by molar-refractivity contribution is 0.0839. The monoisotopic (exact) mass is 220 g/mol. The van der Waals surface area contributed by atoms with E-state index < -0.39 is 5.60 Å². The summed E-state index contributed by atoms with van der Waals surface area (Å²) in [5.41, 5.74) is -0.00763. The van der Waals surface area contributed by atoms with Crippen LogP contribution in [0.4, 0.5) is 5.82 Å². The van der Waals surface area contributed by atoms with Gasteiger partial charge in [-0.25, -0.2) is 0 Å². The van der Waals surface area contributed by atoms with E-state index in [2.05, 4.69) is 20.6 Å². The smallest absolute Gasteiger partial charge is 0.200 e. The lowest BCUT2D eigenvalue weighted by atomic mass is 10.1. The first-order valence-electron chi connectivity index (χ1n) is 5.17. The first-order chi connectivity index (χ1) is 7.64. The molecule has 0 amide bonds. The summed E-state index contributed by atoms with van der Waals surface area (Å²) < 4.78 is 1.39. The van der Waals surface area contributed by atoms with Crippen LogP contribution in [0.2, 0.25) is 0 Å². The molecule has 7 nitrogen and oxygen atoms in total. The molecule has 3 heterocycles. The topological polar surface area (TPSA) is 79.4 Å². The Morgan fingerprint density at radius 3 is 3.06 bits per heavy atom. The minimum atomic E-state index is -0.628. The van der Waals surface area contributed by atoms with Gasteiger partial charge in [-0.2, -0.15) is 0 Å². The normalized spacial score (nSPS) is 25.5. The molecule has 2 aromatic heterocycles. The van der Waals surface area contributed by atoms with Crippen molar-refractivity contribution in [1.82, 2.24) is 25.3 Å². The fourth-order valence-electron chi connectivity index (χ4n) is 1.95. The second-order valence-electron chi connectivity index (χ2n) is 4.39. The molecule has 1 fully saturated rings. The van der Waals surface area contributed by atoms with Crippen LogP contribution in [0.3, 0.4) is 0 Å². The summed E-state index contributed by atoms with van der Waals surface area (Å²) in [7, 11) is 0. The molecule has 0 radical (unpaired) electrons. The third-order valence-corrected chi connectivity index (χ3v) is 2.83. The zero-order valence-electron chi connectivity index (χ0n) is 8.91. The first-order valence-corrected chi connectivity index (χ1v) is 5.17. The second-order valence-corrected chi connectivity index (χ2v) is 4.39. The second kappa shape index (κ2) is 3.11. The van der Waals surface area contributed by atoms with E-state index in [1.165, 1.54) is 4.63 Å². The van der Waals surface area contributed by atoms with Crippen LogP contribution in [0.15, 0.2) is 12.1 Å². The average molecular weight is 220 g/mol. The van der Waals surface area contributed by atoms with Gasteiger partial charge >= 0.3 is 0 Å². The number of aromatic nitrogens is 5. The van der Waals surface area contributed by atoms with Crippen LogP contribution in [0.25, 0.3) is 5.65 Å². The number of hydrogen-bond acceptors (Lipinski definition) is 6. The highest BCUT2D eigenvalue weighted by Gasteiger charge is 2.32. The zero-order valence-corrected chi connectivity index (χ0v) is 8.91. The molecule has 0 saturated carbocycles. The van der Waals surface area contributed by atoms with Crippen molar-refractivity contribution in [2.75, 3.05) is 18.0 Å². The number of anilines is 1. The van der Waals surface area contributed by atoms with Gasteiger partial charge in [-0.15, -0.1) is 14.8 Å². The molecule has 16 heavy (non-hydrogen) atoms. The molecule has 1 aliphatic heterocycles. The molecule has 0 aromatic carbocycles. The van der Waals surface area contributed by atoms with Gasteiger partial charge in [0.15, 0.2) is 11.5 Å². The fourth-order valence-corrected chi connectivity index (χ4v) is 1.95. The van der Waals surface area contributed by atoms with Crippen LogP contribution in [0.1, 0.15) is 13.3 Å². The number of rotatable bonds is 1. The van der Waals surface area contributed by atoms with Gasteiger partial charge in [-0.05, 0) is 35.9 Å². The maximum Gasteiger partial charge on any atom is 0.200 e. The van der Waals surface area contributed by atoms with Crippen molar-refractivity contribution < 1.29 is 5.11 Å². The third kappa shape index (κ3) is 1.49. The lowest BCUT2D eigenvalue weighted by Gasteiger charge is -2.19. The maximum atomic E-state index is 9.88. The van der Waals surface area contributed by atoms with Crippen molar-refractivity contribution >= 4 is 11.5 Å². The molecule has 84 valence electrons. The first kappa shape index (κ1) is 9.46. The van der Waals surface area contributed by atoms with Crippen molar-refractivity contribution in [3.05, 3.63) is 12.1 Å². The summed E-state index contributed by atoms with van der Waals surface area (Å²) >= 11 is 0. The highest BCUT2D eigenvalue weighted by atomic mass is 16.3. The van der Waals surface area contributed by atoms with Gasteiger partial charge in [-0.3, -0.25) is 0 Å². The van der Waals surface area contributed by atoms with Crippen LogP contribution < -0.4 is 4.90 Å². The van der Waals surface area contributed by atoms with Gasteiger partial charge in [0.25, 0.3) is 0 Å². The number of fused-ring (bicyclic) bond motifs is 1. The van der Waals surface area contributed by atoms with Crippen molar-refractivity contribution in [1.29, 1.82) is 0 Å². The molecule has 1 unspecified atom stereocenters. The zero-order chi connectivity index (χ0) is 11.2. The van der Waals surface area contributed by atoms with Crippen molar-refractivity contribution in [2.24, 2.45) is 0 Å². The summed E-state index contributed by atoms with van der Waals surface area (Å²) in [4.78, 5) is 2.03. The lowest BCUT2D eigenvalue weighted by Crippen LogP contribution is -2.30. The van der Waals surface area contributed by atoms with E-state index in [1.54, 1.807) is 0 Å². The number of tetrazole rings is 1. The molecular weight excluding hydrogens is 208 g/mol. The molecule has 0 aliphatic carbocycles. The summed E-state index contributed by atoms with van der Waals surface area (Å²) in [6.07, 6.45) is 0.752. The average Bonchev–Trinajstić information content (AvgIpc) is 2.82. The highest BCUT2D eigenvalue weighted by Crippen LogP contribution is 2.24. The quantitative estimate of drug-likeness (QED) is 0.696. The van der Waals surface area contributed by atoms with Crippen LogP contribution in [-0.4, -0.2) is 49.1 Å². The van der Waals surface area contributed by atoms with Gasteiger partial charge < -0.3 is 10.0 Å². The Bertz CT molecular complexity index is 521. The van der Waals surface area contributed by atoms with Gasteiger partial charge in [-0.1, -0.05) is 0 Å². The van der Waals surface area contributed by atoms with Crippen molar-refractivity contribution in [3.63, 3.8) is 0 Å². The Hall–Kier alpha value is -1.76. The van der Waals surface area contributed by atoms with E-state index in [-0.39, 0.29) is 0 Å². The van der Waals surface area contributed by atoms with E-state index in [4.69, 9.17) is 0 Å². The molecular formula is C9H12N6O. The molecule has 1 saturated heterocycles. The van der Waals surface area contributed by atoms with Gasteiger partial charge in [0.2, 0.25) is 0 Å². The van der Waals surface area contributed by atoms with Gasteiger partial charge in [0.05, 0.1) is 5.60 Å². The SMILES string of the molecule is CC1(O)CCN(c2ccc3nnnn3n2)C1. The molecule has 1 aliphatic rings. The van der Waals surface area contributed by atoms with E-state index in [0.29, 0.717) is 12.2 Å². The summed E-state index contributed by atoms with van der Waals surface area (Å²) in [6, 6.07) is 3.68. The third-order valence-electron chi connectivity index (χ3n) is 2.83. The predicted molar refractivity (Wildman–Crippen MR) is 56.0 cm³/mol. The Morgan fingerprint density at radius 1 is 1.44 bits per heavy atom. The molecule has 1 N–H and O–H groups in total. The van der Waals surface area contributed by atoms with Crippen molar-refractivity contribution in [2.45, 2.75) is 18.9 Å². The Morgan fingerprint density at radius 2 is 2.31 bits per heavy atom. The van der Waals surface area contributed by atoms with Crippen LogP contribution in [0.5, 0.6) is 0 Å². The van der Waals surface area contributed by atoms with E-state index in [9.17, 15) is 5.11 Å². The number of nitrogens with zero attached hydrogens (tertiary/aromatic N) is 6. The maximum absolute atomic E-state index is 9.88. The van der Waals surface area contributed by atoms with Crippen LogP contribution in [-0.2, 0) is 0 Å². The fraction of sp³-hybridized carbons (Fsp3) is 0.556. The molecule has 0 spiro atoms. The molecule has 7 heteroatoms. The Labute approximate surface area is 91.7 Å². The van der Waals surface area contributed by atoms with E-state index >= 15 is 0 Å². The number of β-amino-alcohol motifs (C(OH)–C–C–N with tert-alkyl or cyclic N) is 1. The van der Waals surface area contributed by atoms with Gasteiger partial charge in [0, 0.05) is 13.1 Å². The minimum absolute atomic E-state index is 0.591. The Balaban J connectivity index is 1.94. The molecule has 0 bridgehead atoms. The van der Waals surface area contributed by atoms with Crippen molar-refractivity contribution in [3.8, 4) is 0 Å². The highest BCUT2D eigenvalue weighted by molar-refractivity contribution is 5.45. The Kier molecular flexibility index (Phi) is 1.84. The van der Waals surface area contributed by atoms with Crippen LogP contribution in [0, 0.1) is 0 Å². The minimum Gasteiger partial charge on any atom is -0.388 e. The summed E-state index contributed by atoms with van der Waals surface area (Å²) in [6.45, 7) is 3.23. The molecule has 3 rings (SSSR count). The van der Waals surface area contributed by atoms with E-state index in [1.807, 2.05) is 24.0 Å². The molecule has 2 aromatic rings. The van der Waals surface area contributed by atoms with E-state index in [0.717, 1.165) is 18.8 Å². The number of hydrogen-bond donors (Lipinski definition) is 1.